The number of nitrogens with zero attached hydrogens (tertiary/aromatic N) is 2. The lowest BCUT2D eigenvalue weighted by Crippen LogP contribution is -2.38. The van der Waals surface area contributed by atoms with E-state index in [0.29, 0.717) is 30.3 Å². The molecule has 1 aliphatic heterocycles. The van der Waals surface area contributed by atoms with Crippen molar-refractivity contribution in [2.45, 2.75) is 51.1 Å². The number of likely N-dealkylation sites (tertiary alicyclic amines) is 1. The smallest absolute Gasteiger partial charge is 0.295 e. The Hall–Kier alpha value is -3.08. The molecule has 36 heavy (non-hydrogen) atoms. The molecule has 0 atom stereocenters. The number of hydrogen-bond acceptors (Lipinski definition) is 8. The van der Waals surface area contributed by atoms with E-state index < -0.39 is 10.0 Å². The molecule has 0 aliphatic carbocycles. The third-order valence-electron chi connectivity index (χ3n) is 6.05. The molecule has 0 saturated carbocycles. The second-order valence-electron chi connectivity index (χ2n) is 9.19. The highest BCUT2D eigenvalue weighted by Gasteiger charge is 2.22. The third kappa shape index (κ3) is 6.77. The number of rotatable bonds is 10. The number of piperidine rings is 1. The first kappa shape index (κ1) is 26.0. The van der Waals surface area contributed by atoms with Gasteiger partial charge in [-0.2, -0.15) is 4.98 Å². The van der Waals surface area contributed by atoms with Crippen molar-refractivity contribution >= 4 is 27.1 Å². The molecule has 1 saturated heterocycles. The Kier molecular flexibility index (Phi) is 8.17. The number of nitrogens with two attached hydrogens (primary N) is 1. The standard InChI is InChI=1S/C26H34N4O5S/c1-4-33-25-15-19(5-7-24(25)34-14-11-18(2)3)17-30-12-9-20(10-13-30)28-26-29-22-16-21(36(27,31)32)6-8-23(22)35-26/h5-8,11,15-16,20H,4,9-10,12-14,17H2,1-3H3,(H,28,29)(H2,27,31,32). The van der Waals surface area contributed by atoms with Crippen LogP contribution in [0.2, 0.25) is 0 Å². The maximum Gasteiger partial charge on any atom is 0.295 e. The Balaban J connectivity index is 1.32. The van der Waals surface area contributed by atoms with Crippen LogP contribution >= 0.6 is 0 Å². The zero-order chi connectivity index (χ0) is 25.7. The van der Waals surface area contributed by atoms with Crippen LogP contribution in [-0.2, 0) is 16.6 Å². The minimum Gasteiger partial charge on any atom is -0.490 e. The molecule has 0 spiro atoms. The van der Waals surface area contributed by atoms with Gasteiger partial charge >= 0.3 is 0 Å². The molecule has 0 amide bonds. The van der Waals surface area contributed by atoms with Gasteiger partial charge in [0.2, 0.25) is 10.0 Å². The Morgan fingerprint density at radius 3 is 2.64 bits per heavy atom. The van der Waals surface area contributed by atoms with Crippen molar-refractivity contribution in [1.82, 2.24) is 9.88 Å². The Morgan fingerprint density at radius 2 is 1.94 bits per heavy atom. The van der Waals surface area contributed by atoms with Crippen LogP contribution in [0.3, 0.4) is 0 Å². The number of nitrogens with one attached hydrogen (secondary N) is 1. The highest BCUT2D eigenvalue weighted by molar-refractivity contribution is 7.89. The van der Waals surface area contributed by atoms with Gasteiger partial charge in [0.1, 0.15) is 12.1 Å². The van der Waals surface area contributed by atoms with Crippen molar-refractivity contribution in [2.75, 3.05) is 31.6 Å². The summed E-state index contributed by atoms with van der Waals surface area (Å²) >= 11 is 0. The number of allylic oxidation sites excluding steroid dienone is 1. The van der Waals surface area contributed by atoms with E-state index in [9.17, 15) is 8.42 Å². The van der Waals surface area contributed by atoms with Crippen molar-refractivity contribution in [1.29, 1.82) is 0 Å². The van der Waals surface area contributed by atoms with Gasteiger partial charge in [0.05, 0.1) is 11.5 Å². The van der Waals surface area contributed by atoms with Crippen LogP contribution in [0.4, 0.5) is 6.01 Å². The van der Waals surface area contributed by atoms with E-state index in [-0.39, 0.29) is 10.9 Å². The van der Waals surface area contributed by atoms with E-state index in [1.807, 2.05) is 32.9 Å². The lowest BCUT2D eigenvalue weighted by Gasteiger charge is -2.32. The fourth-order valence-electron chi connectivity index (χ4n) is 4.15. The molecule has 4 rings (SSSR count). The number of fused-ring (bicyclic) bond motifs is 1. The summed E-state index contributed by atoms with van der Waals surface area (Å²) in [6.45, 7) is 9.86. The molecule has 1 aromatic heterocycles. The quantitative estimate of drug-likeness (QED) is 0.385. The maximum atomic E-state index is 11.6. The fraction of sp³-hybridized carbons (Fsp3) is 0.423. The first-order valence-electron chi connectivity index (χ1n) is 12.2. The van der Waals surface area contributed by atoms with Crippen LogP contribution in [0.1, 0.15) is 39.2 Å². The summed E-state index contributed by atoms with van der Waals surface area (Å²) in [6, 6.07) is 11.2. The molecule has 10 heteroatoms. The number of benzene rings is 2. The predicted octanol–water partition coefficient (Wildman–Crippen LogP) is 4.30. The maximum absolute atomic E-state index is 11.6. The minimum absolute atomic E-state index is 0.0168. The lowest BCUT2D eigenvalue weighted by atomic mass is 10.0. The van der Waals surface area contributed by atoms with Crippen LogP contribution in [0, 0.1) is 0 Å². The molecular formula is C26H34N4O5S. The van der Waals surface area contributed by atoms with Gasteiger partial charge in [0.25, 0.3) is 6.01 Å². The monoisotopic (exact) mass is 514 g/mol. The Labute approximate surface area is 212 Å². The van der Waals surface area contributed by atoms with E-state index >= 15 is 0 Å². The third-order valence-corrected chi connectivity index (χ3v) is 6.96. The number of aromatic nitrogens is 1. The van der Waals surface area contributed by atoms with Crippen LogP contribution in [-0.4, -0.2) is 50.6 Å². The lowest BCUT2D eigenvalue weighted by molar-refractivity contribution is 0.210. The molecule has 0 unspecified atom stereocenters. The minimum atomic E-state index is -3.79. The number of anilines is 1. The summed E-state index contributed by atoms with van der Waals surface area (Å²) in [5.74, 6) is 1.53. The van der Waals surface area contributed by atoms with Gasteiger partial charge in [-0.1, -0.05) is 11.6 Å². The Bertz CT molecular complexity index is 1320. The highest BCUT2D eigenvalue weighted by atomic mass is 32.2. The zero-order valence-corrected chi connectivity index (χ0v) is 21.8. The summed E-state index contributed by atoms with van der Waals surface area (Å²) in [7, 11) is -3.79. The van der Waals surface area contributed by atoms with Crippen LogP contribution < -0.4 is 19.9 Å². The van der Waals surface area contributed by atoms with Gasteiger partial charge in [-0.15, -0.1) is 0 Å². The SMILES string of the molecule is CCOc1cc(CN2CCC(Nc3nc4cc(S(N)(=O)=O)ccc4o3)CC2)ccc1OCC=C(C)C. The molecule has 194 valence electrons. The molecule has 1 aliphatic rings. The molecule has 2 aromatic carbocycles. The molecule has 3 aromatic rings. The van der Waals surface area contributed by atoms with Crippen LogP contribution in [0.5, 0.6) is 11.5 Å². The number of ether oxygens (including phenoxy) is 2. The average Bonchev–Trinajstić information content (AvgIpc) is 3.23. The second-order valence-corrected chi connectivity index (χ2v) is 10.8. The fourth-order valence-corrected chi connectivity index (χ4v) is 4.68. The molecule has 2 heterocycles. The molecule has 3 N–H and O–H groups in total. The normalized spacial score (nSPS) is 15.1. The van der Waals surface area contributed by atoms with Gasteiger partial charge < -0.3 is 19.2 Å². The number of hydrogen-bond donors (Lipinski definition) is 2. The van der Waals surface area contributed by atoms with E-state index in [1.165, 1.54) is 23.3 Å². The zero-order valence-electron chi connectivity index (χ0n) is 21.0. The van der Waals surface area contributed by atoms with E-state index in [0.717, 1.165) is 44.0 Å². The highest BCUT2D eigenvalue weighted by Crippen LogP contribution is 2.30. The van der Waals surface area contributed by atoms with Gasteiger partial charge in [-0.05, 0) is 75.6 Å². The summed E-state index contributed by atoms with van der Waals surface area (Å²) in [5.41, 5.74) is 3.37. The molecule has 0 bridgehead atoms. The Morgan fingerprint density at radius 1 is 1.17 bits per heavy atom. The van der Waals surface area contributed by atoms with Crippen molar-refractivity contribution in [2.24, 2.45) is 5.14 Å². The van der Waals surface area contributed by atoms with Crippen LogP contribution in [0.15, 0.2) is 57.4 Å². The average molecular weight is 515 g/mol. The number of sulfonamides is 1. The van der Waals surface area contributed by atoms with E-state index in [1.54, 1.807) is 6.07 Å². The molecule has 1 fully saturated rings. The number of oxazole rings is 1. The van der Waals surface area contributed by atoms with E-state index in [2.05, 4.69) is 27.3 Å². The first-order chi connectivity index (χ1) is 17.2. The predicted molar refractivity (Wildman–Crippen MR) is 140 cm³/mol. The second kappa shape index (κ2) is 11.3. The van der Waals surface area contributed by atoms with Gasteiger partial charge in [-0.25, -0.2) is 13.6 Å². The molecule has 9 nitrogen and oxygen atoms in total. The van der Waals surface area contributed by atoms with E-state index in [4.69, 9.17) is 19.0 Å². The first-order valence-corrected chi connectivity index (χ1v) is 13.7. The van der Waals surface area contributed by atoms with Crippen molar-refractivity contribution in [3.05, 3.63) is 53.6 Å². The largest absolute Gasteiger partial charge is 0.490 e. The van der Waals surface area contributed by atoms with Crippen molar-refractivity contribution < 1.29 is 22.3 Å². The van der Waals surface area contributed by atoms with Gasteiger partial charge in [0, 0.05) is 25.7 Å². The summed E-state index contributed by atoms with van der Waals surface area (Å²) in [5, 5.41) is 8.56. The number of primary sulfonamides is 1. The van der Waals surface area contributed by atoms with Crippen LogP contribution in [0.25, 0.3) is 11.1 Å². The summed E-state index contributed by atoms with van der Waals surface area (Å²) < 4.78 is 40.6. The molecule has 0 radical (unpaired) electrons. The molecular weight excluding hydrogens is 480 g/mol. The van der Waals surface area contributed by atoms with Crippen molar-refractivity contribution in [3.8, 4) is 11.5 Å². The van der Waals surface area contributed by atoms with Gasteiger partial charge in [0.15, 0.2) is 17.1 Å². The summed E-state index contributed by atoms with van der Waals surface area (Å²) in [4.78, 5) is 6.82. The van der Waals surface area contributed by atoms with Gasteiger partial charge in [-0.3, -0.25) is 4.90 Å². The summed E-state index contributed by atoms with van der Waals surface area (Å²) in [6.07, 6.45) is 3.91. The van der Waals surface area contributed by atoms with Crippen molar-refractivity contribution in [3.63, 3.8) is 0 Å². The topological polar surface area (TPSA) is 120 Å².